The number of carboxylic acids is 1. The van der Waals surface area contributed by atoms with Crippen LogP contribution in [0.4, 0.5) is 0 Å². The molecular formula is C87H91NO16. The van der Waals surface area contributed by atoms with Gasteiger partial charge in [-0.25, -0.2) is 0 Å². The number of ether oxygens (including phenoxy) is 10. The van der Waals surface area contributed by atoms with Crippen LogP contribution in [-0.2, 0) is 89.0 Å². The Labute approximate surface area is 609 Å². The molecule has 10 aromatic carbocycles. The third-order valence-electron chi connectivity index (χ3n) is 18.4. The van der Waals surface area contributed by atoms with Crippen LogP contribution in [-0.4, -0.2) is 77.1 Å². The lowest BCUT2D eigenvalue weighted by molar-refractivity contribution is -0.894. The molecule has 0 saturated carbocycles. The molecule has 1 saturated heterocycles. The van der Waals surface area contributed by atoms with Crippen LogP contribution in [0.5, 0.6) is 34.5 Å². The summed E-state index contributed by atoms with van der Waals surface area (Å²) in [5, 5.41) is 20.1. The molecule has 3 heterocycles. The van der Waals surface area contributed by atoms with Gasteiger partial charge in [0.25, 0.3) is 0 Å². The number of fused-ring (bicyclic) bond motifs is 6. The molecule has 0 radical (unpaired) electrons. The van der Waals surface area contributed by atoms with E-state index in [-0.39, 0.29) is 46.3 Å². The molecule has 0 atom stereocenters. The van der Waals surface area contributed by atoms with E-state index in [2.05, 4.69) is 98.3 Å². The first-order valence-corrected chi connectivity index (χ1v) is 34.4. The normalized spacial score (nSPS) is 12.3. The minimum absolute atomic E-state index is 0. The van der Waals surface area contributed by atoms with Gasteiger partial charge in [0, 0.05) is 17.1 Å². The number of carbonyl (C=O) groups excluding carboxylic acids is 4. The van der Waals surface area contributed by atoms with E-state index in [1.807, 2.05) is 158 Å². The summed E-state index contributed by atoms with van der Waals surface area (Å²) in [7, 11) is 6.64. The van der Waals surface area contributed by atoms with E-state index in [9.17, 15) is 29.4 Å². The van der Waals surface area contributed by atoms with Crippen molar-refractivity contribution in [1.82, 2.24) is 0 Å². The summed E-state index contributed by atoms with van der Waals surface area (Å²) >= 11 is 0. The number of hydrogen-bond acceptors (Lipinski definition) is 16. The Morgan fingerprint density at radius 3 is 1.09 bits per heavy atom. The van der Waals surface area contributed by atoms with E-state index in [0.717, 1.165) is 124 Å². The Kier molecular flexibility index (Phi) is 27.6. The topological polar surface area (TPSA) is 208 Å². The number of nitrogens with one attached hydrogen (secondary N) is 1. The van der Waals surface area contributed by atoms with Crippen LogP contribution >= 0.6 is 0 Å². The van der Waals surface area contributed by atoms with Gasteiger partial charge in [-0.1, -0.05) is 165 Å². The molecule has 0 unspecified atom stereocenters. The predicted molar refractivity (Wildman–Crippen MR) is 396 cm³/mol. The third kappa shape index (κ3) is 18.8. The Morgan fingerprint density at radius 1 is 0.433 bits per heavy atom. The maximum atomic E-state index is 11.9. The Hall–Kier alpha value is -11.1. The van der Waals surface area contributed by atoms with Gasteiger partial charge in [-0.05, 0) is 178 Å². The lowest BCUT2D eigenvalue weighted by Gasteiger charge is -2.36. The van der Waals surface area contributed by atoms with Gasteiger partial charge in [0.15, 0.2) is 0 Å². The Bertz CT molecular complexity index is 4330. The fourth-order valence-electron chi connectivity index (χ4n) is 12.7. The zero-order chi connectivity index (χ0) is 72.7. The van der Waals surface area contributed by atoms with Gasteiger partial charge in [0.2, 0.25) is 0 Å². The van der Waals surface area contributed by atoms with Crippen LogP contribution in [0.3, 0.4) is 0 Å². The van der Waals surface area contributed by atoms with Crippen LogP contribution < -0.4 is 38.4 Å². The van der Waals surface area contributed by atoms with Crippen molar-refractivity contribution in [3.8, 4) is 56.8 Å². The van der Waals surface area contributed by atoms with Gasteiger partial charge in [0.05, 0.1) is 87.2 Å². The van der Waals surface area contributed by atoms with Crippen LogP contribution in [0, 0.1) is 0 Å². The number of carboxylic acid groups (broad SMARTS) is 1. The second-order valence-corrected chi connectivity index (χ2v) is 24.7. The first-order valence-electron chi connectivity index (χ1n) is 34.4. The first kappa shape index (κ1) is 77.1. The van der Waals surface area contributed by atoms with Crippen molar-refractivity contribution in [2.24, 2.45) is 0 Å². The maximum Gasteiger partial charge on any atom is 0.314 e. The molecule has 2 N–H and O–H groups in total. The van der Waals surface area contributed by atoms with Crippen molar-refractivity contribution in [2.75, 3.05) is 48.1 Å². The van der Waals surface area contributed by atoms with E-state index >= 15 is 0 Å². The number of aliphatic hydroxyl groups excluding tert-OH is 1. The Balaban J connectivity index is 0.000000203. The molecule has 10 aromatic rings. The van der Waals surface area contributed by atoms with Gasteiger partial charge < -0.3 is 67.3 Å². The summed E-state index contributed by atoms with van der Waals surface area (Å²) in [5.74, 6) is 1.99. The summed E-state index contributed by atoms with van der Waals surface area (Å²) in [6.07, 6.45) is -0.0585. The van der Waals surface area contributed by atoms with Crippen molar-refractivity contribution in [2.45, 2.75) is 105 Å². The number of quaternary nitrogens is 1. The third-order valence-corrected chi connectivity index (χ3v) is 18.4. The molecule has 3 aliphatic heterocycles. The van der Waals surface area contributed by atoms with Crippen LogP contribution in [0.15, 0.2) is 231 Å². The standard InChI is InChI=1S/C40H36O8.C36H32O5.C6H15N.C4H4O3.CH4/c1-44-33-14-10-31(11-15-33)40(30-6-4-3-5-7-30,32-12-16-34(45-2)17-13-32)48-25-28-9-19-36-35-18-8-27(22-29(35)26-46-37(36)23-28)24-47-39(43)21-20-38(41)42;1-38-31-14-10-29(11-15-31)36(28-6-4-3-5-7-28,30-12-16-32(39-2)17-13-30)41-23-26-9-19-34-33-18-8-25(22-37)20-27(33)24-40-35(34)21-26;1-4-7(5-2)6-3;5-3-1-2-4(6)7-3;/h3-19,22-23H,20-21,24-26H2,1-2H3,(H,41,42);3-21,37H,22-24H2,1-2H3;4-6H2,1-3H3;1-2H2;1H4. The monoisotopic (exact) mass is 1410 g/mol. The molecule has 3 aliphatic rings. The highest BCUT2D eigenvalue weighted by Crippen LogP contribution is 2.46. The lowest BCUT2D eigenvalue weighted by atomic mass is 9.80. The molecule has 13 rings (SSSR count). The fourth-order valence-corrected chi connectivity index (χ4v) is 12.7. The smallest absolute Gasteiger partial charge is 0.314 e. The molecule has 0 spiro atoms. The minimum atomic E-state index is -1.28. The number of rotatable bonds is 25. The molecule has 17 heteroatoms. The summed E-state index contributed by atoms with van der Waals surface area (Å²) in [5.41, 5.74) is 13.8. The number of cyclic esters (lactones) is 2. The zero-order valence-electron chi connectivity index (χ0n) is 59.2. The van der Waals surface area contributed by atoms with Gasteiger partial charge in [-0.2, -0.15) is 0 Å². The van der Waals surface area contributed by atoms with Crippen molar-refractivity contribution < 1.29 is 81.7 Å². The fraction of sp³-hybridized carbons (Fsp3) is 0.264. The first-order chi connectivity index (χ1) is 50.2. The van der Waals surface area contributed by atoms with Gasteiger partial charge in [-0.3, -0.25) is 14.4 Å². The molecule has 104 heavy (non-hydrogen) atoms. The average Bonchev–Trinajstić information content (AvgIpc) is 0.997. The number of carbonyl (C=O) groups is 4. The molecule has 1 fully saturated rings. The number of esters is 3. The summed E-state index contributed by atoms with van der Waals surface area (Å²) in [6.45, 7) is 12.0. The van der Waals surface area contributed by atoms with E-state index < -0.39 is 35.1 Å². The average molecular weight is 1410 g/mol. The van der Waals surface area contributed by atoms with E-state index in [4.69, 9.17) is 42.6 Å². The molecule has 0 aliphatic carbocycles. The van der Waals surface area contributed by atoms with E-state index in [1.165, 1.54) is 19.6 Å². The largest absolute Gasteiger partial charge is 0.550 e. The summed E-state index contributed by atoms with van der Waals surface area (Å²) in [4.78, 5) is 44.2. The minimum Gasteiger partial charge on any atom is -0.550 e. The predicted octanol–water partition coefficient (Wildman–Crippen LogP) is 14.0. The number of aliphatic carboxylic acids is 1. The van der Waals surface area contributed by atoms with Crippen LogP contribution in [0.2, 0.25) is 0 Å². The van der Waals surface area contributed by atoms with Gasteiger partial charge in [-0.15, -0.1) is 0 Å². The number of aliphatic hydroxyl groups is 1. The second kappa shape index (κ2) is 37.2. The SMILES string of the molecule is C.CC[NH+](CC)CC.COc1ccc(C(OCc2ccc3c(c2)OCc2cc(CO)ccc2-3)(c2ccccc2)c2ccc(OC)cc2)cc1.COc1ccc(C(OCc2ccc3c(c2)OCc2cc(COC(=O)CCC(=O)[O-])ccc2-3)(c2ccccc2)c2ccc(OC)cc2)cc1.O=C1CCC(=O)O1. The quantitative estimate of drug-likeness (QED) is 0.0310. The highest BCUT2D eigenvalue weighted by Gasteiger charge is 2.40. The van der Waals surface area contributed by atoms with Crippen molar-refractivity contribution in [1.29, 1.82) is 0 Å². The van der Waals surface area contributed by atoms with Gasteiger partial charge in [0.1, 0.15) is 65.5 Å². The van der Waals surface area contributed by atoms with E-state index in [1.54, 1.807) is 33.3 Å². The van der Waals surface area contributed by atoms with Gasteiger partial charge >= 0.3 is 17.9 Å². The van der Waals surface area contributed by atoms with Crippen LogP contribution in [0.1, 0.15) is 121 Å². The highest BCUT2D eigenvalue weighted by atomic mass is 16.6. The highest BCUT2D eigenvalue weighted by molar-refractivity contribution is 5.92. The number of methoxy groups -OCH3 is 4. The molecule has 540 valence electrons. The zero-order valence-corrected chi connectivity index (χ0v) is 59.2. The summed E-state index contributed by atoms with van der Waals surface area (Å²) < 4.78 is 57.6. The molecule has 17 nitrogen and oxygen atoms in total. The second-order valence-electron chi connectivity index (χ2n) is 24.7. The molecule has 0 aromatic heterocycles. The lowest BCUT2D eigenvalue weighted by Crippen LogP contribution is -3.11. The maximum absolute atomic E-state index is 11.9. The van der Waals surface area contributed by atoms with Crippen molar-refractivity contribution in [3.05, 3.63) is 297 Å². The number of hydrogen-bond donors (Lipinski definition) is 2. The molecule has 0 bridgehead atoms. The van der Waals surface area contributed by atoms with Crippen molar-refractivity contribution in [3.63, 3.8) is 0 Å². The van der Waals surface area contributed by atoms with E-state index in [0.29, 0.717) is 26.4 Å². The van der Waals surface area contributed by atoms with Crippen LogP contribution in [0.25, 0.3) is 22.3 Å². The molecule has 0 amide bonds. The Morgan fingerprint density at radius 2 is 0.769 bits per heavy atom. The molecular weight excluding hydrogens is 1310 g/mol. The number of benzene rings is 10. The summed E-state index contributed by atoms with van der Waals surface area (Å²) in [6, 6.07) is 76.6. The van der Waals surface area contributed by atoms with Crippen molar-refractivity contribution >= 4 is 23.9 Å².